The third-order valence-corrected chi connectivity index (χ3v) is 3.00. The van der Waals surface area contributed by atoms with Crippen LogP contribution in [0.1, 0.15) is 55.8 Å². The minimum atomic E-state index is -1.20. The van der Waals surface area contributed by atoms with Crippen LogP contribution >= 0.6 is 0 Å². The number of benzene rings is 1. The number of hydrogen-bond acceptors (Lipinski definition) is 4. The van der Waals surface area contributed by atoms with Crippen LogP contribution in [0.3, 0.4) is 0 Å². The second-order valence-electron chi connectivity index (χ2n) is 4.73. The van der Waals surface area contributed by atoms with E-state index < -0.39 is 5.97 Å². The van der Waals surface area contributed by atoms with Crippen molar-refractivity contribution in [2.75, 3.05) is 6.61 Å². The molecule has 0 radical (unpaired) electrons. The van der Waals surface area contributed by atoms with Crippen LogP contribution in [0.2, 0.25) is 0 Å². The van der Waals surface area contributed by atoms with Crippen molar-refractivity contribution in [2.45, 2.75) is 45.4 Å². The normalized spacial score (nSPS) is 10.2. The molecule has 0 unspecified atom stereocenters. The molecule has 0 bridgehead atoms. The van der Waals surface area contributed by atoms with Crippen molar-refractivity contribution in [3.05, 3.63) is 29.8 Å². The molecule has 0 heterocycles. The topological polar surface area (TPSA) is 66.4 Å². The Kier molecular flexibility index (Phi) is 7.40. The van der Waals surface area contributed by atoms with Crippen LogP contribution in [0.4, 0.5) is 0 Å². The zero-order chi connectivity index (χ0) is 14.8. The predicted molar refractivity (Wildman–Crippen MR) is 74.7 cm³/mol. The number of carbonyl (C=O) groups excluding carboxylic acids is 2. The summed E-state index contributed by atoms with van der Waals surface area (Å²) >= 11 is 0. The lowest BCUT2D eigenvalue weighted by molar-refractivity contribution is -0.305. The van der Waals surface area contributed by atoms with Crippen molar-refractivity contribution in [3.63, 3.8) is 0 Å². The minimum Gasteiger partial charge on any atom is -0.550 e. The van der Waals surface area contributed by atoms with E-state index in [0.29, 0.717) is 12.2 Å². The van der Waals surface area contributed by atoms with Crippen LogP contribution in [0.5, 0.6) is 5.75 Å². The van der Waals surface area contributed by atoms with E-state index in [-0.39, 0.29) is 18.6 Å². The van der Waals surface area contributed by atoms with Crippen LogP contribution in [0, 0.1) is 0 Å². The molecule has 0 saturated heterocycles. The van der Waals surface area contributed by atoms with Gasteiger partial charge in [0.25, 0.3) is 0 Å². The summed E-state index contributed by atoms with van der Waals surface area (Å²) in [6.07, 6.45) is 4.34. The molecule has 0 fully saturated rings. The van der Waals surface area contributed by atoms with Gasteiger partial charge in [-0.1, -0.05) is 26.2 Å². The zero-order valence-corrected chi connectivity index (χ0v) is 11.9. The van der Waals surface area contributed by atoms with Gasteiger partial charge in [-0.15, -0.1) is 0 Å². The van der Waals surface area contributed by atoms with E-state index in [9.17, 15) is 14.7 Å². The lowest BCUT2D eigenvalue weighted by atomic mass is 10.1. The lowest BCUT2D eigenvalue weighted by Gasteiger charge is -2.07. The van der Waals surface area contributed by atoms with Crippen molar-refractivity contribution >= 4 is 11.8 Å². The maximum atomic E-state index is 11.7. The number of Topliss-reactive ketones (excluding diaryl/α,β-unsaturated/α-hetero) is 1. The Morgan fingerprint density at radius 1 is 1.05 bits per heavy atom. The van der Waals surface area contributed by atoms with Gasteiger partial charge in [0.05, 0.1) is 6.61 Å². The monoisotopic (exact) mass is 277 g/mol. The zero-order valence-electron chi connectivity index (χ0n) is 11.9. The van der Waals surface area contributed by atoms with Crippen molar-refractivity contribution in [1.82, 2.24) is 0 Å². The Balaban J connectivity index is 2.36. The fourth-order valence-corrected chi connectivity index (χ4v) is 1.82. The minimum absolute atomic E-state index is 0.0282. The van der Waals surface area contributed by atoms with Crippen molar-refractivity contribution < 1.29 is 19.4 Å². The Bertz CT molecular complexity index is 423. The van der Waals surface area contributed by atoms with Crippen molar-refractivity contribution in [1.29, 1.82) is 0 Å². The van der Waals surface area contributed by atoms with Crippen molar-refractivity contribution in [3.8, 4) is 5.75 Å². The van der Waals surface area contributed by atoms with Gasteiger partial charge in [0, 0.05) is 18.0 Å². The van der Waals surface area contributed by atoms with Gasteiger partial charge < -0.3 is 14.6 Å². The van der Waals surface area contributed by atoms with E-state index in [1.807, 2.05) is 0 Å². The standard InChI is InChI=1S/C16H22O4/c1-2-3-4-5-12-20-14-8-6-13(7-9-14)15(17)10-11-16(18)19/h6-9H,2-5,10-12H2,1H3,(H,18,19)/p-1. The summed E-state index contributed by atoms with van der Waals surface area (Å²) in [7, 11) is 0. The number of aliphatic carboxylic acids is 1. The van der Waals surface area contributed by atoms with Gasteiger partial charge in [-0.3, -0.25) is 4.79 Å². The molecule has 1 aromatic carbocycles. The molecular weight excluding hydrogens is 256 g/mol. The molecule has 4 heteroatoms. The molecule has 0 N–H and O–H groups in total. The molecule has 0 spiro atoms. The third kappa shape index (κ3) is 6.36. The van der Waals surface area contributed by atoms with Gasteiger partial charge in [-0.25, -0.2) is 0 Å². The van der Waals surface area contributed by atoms with Crippen LogP contribution in [0.25, 0.3) is 0 Å². The maximum absolute atomic E-state index is 11.7. The number of rotatable bonds is 10. The van der Waals surface area contributed by atoms with Crippen LogP contribution in [-0.4, -0.2) is 18.4 Å². The maximum Gasteiger partial charge on any atom is 0.163 e. The number of ether oxygens (including phenoxy) is 1. The highest BCUT2D eigenvalue weighted by Gasteiger charge is 2.05. The number of carboxylic acid groups (broad SMARTS) is 1. The molecule has 0 aliphatic heterocycles. The van der Waals surface area contributed by atoms with Gasteiger partial charge in [-0.05, 0) is 37.1 Å². The fourth-order valence-electron chi connectivity index (χ4n) is 1.82. The van der Waals surface area contributed by atoms with Gasteiger partial charge >= 0.3 is 0 Å². The van der Waals surface area contributed by atoms with Crippen molar-refractivity contribution in [2.24, 2.45) is 0 Å². The fraction of sp³-hybridized carbons (Fsp3) is 0.500. The van der Waals surface area contributed by atoms with E-state index in [4.69, 9.17) is 4.74 Å². The summed E-state index contributed by atoms with van der Waals surface area (Å²) in [5, 5.41) is 10.3. The first kappa shape index (κ1) is 16.2. The summed E-state index contributed by atoms with van der Waals surface area (Å²) in [5.41, 5.74) is 0.504. The number of carboxylic acids is 1. The number of hydrogen-bond donors (Lipinski definition) is 0. The number of carbonyl (C=O) groups is 2. The second kappa shape index (κ2) is 9.13. The molecule has 0 amide bonds. The highest BCUT2D eigenvalue weighted by molar-refractivity contribution is 5.97. The first-order valence-corrected chi connectivity index (χ1v) is 7.09. The highest BCUT2D eigenvalue weighted by atomic mass is 16.5. The van der Waals surface area contributed by atoms with E-state index in [2.05, 4.69) is 6.92 Å². The third-order valence-electron chi connectivity index (χ3n) is 3.00. The first-order valence-electron chi connectivity index (χ1n) is 7.09. The summed E-state index contributed by atoms with van der Waals surface area (Å²) < 4.78 is 5.57. The molecule has 4 nitrogen and oxygen atoms in total. The summed E-state index contributed by atoms with van der Waals surface area (Å²) in [6.45, 7) is 2.84. The molecule has 20 heavy (non-hydrogen) atoms. The van der Waals surface area contributed by atoms with E-state index >= 15 is 0 Å². The summed E-state index contributed by atoms with van der Waals surface area (Å²) in [4.78, 5) is 22.0. The molecule has 110 valence electrons. The average molecular weight is 277 g/mol. The molecule has 0 aromatic heterocycles. The number of ketones is 1. The van der Waals surface area contributed by atoms with E-state index in [0.717, 1.165) is 18.6 Å². The second-order valence-corrected chi connectivity index (χ2v) is 4.73. The highest BCUT2D eigenvalue weighted by Crippen LogP contribution is 2.14. The Labute approximate surface area is 119 Å². The van der Waals surface area contributed by atoms with Gasteiger partial charge in [0.1, 0.15) is 5.75 Å². The van der Waals surface area contributed by atoms with Gasteiger partial charge in [-0.2, -0.15) is 0 Å². The van der Waals surface area contributed by atoms with Gasteiger partial charge in [0.2, 0.25) is 0 Å². The average Bonchev–Trinajstić information content (AvgIpc) is 2.45. The van der Waals surface area contributed by atoms with Crippen LogP contribution in [-0.2, 0) is 4.79 Å². The first-order chi connectivity index (χ1) is 9.63. The molecular formula is C16H21O4-. The molecule has 0 aliphatic carbocycles. The van der Waals surface area contributed by atoms with E-state index in [1.54, 1.807) is 24.3 Å². The molecule has 0 atom stereocenters. The SMILES string of the molecule is CCCCCCOc1ccc(C(=O)CCC(=O)[O-])cc1. The quantitative estimate of drug-likeness (QED) is 0.486. The predicted octanol–water partition coefficient (Wildman–Crippen LogP) is 2.36. The van der Waals surface area contributed by atoms with E-state index in [1.165, 1.54) is 12.8 Å². The van der Waals surface area contributed by atoms with Crippen LogP contribution in [0.15, 0.2) is 24.3 Å². The summed E-state index contributed by atoms with van der Waals surface area (Å²) in [6, 6.07) is 6.82. The smallest absolute Gasteiger partial charge is 0.163 e. The van der Waals surface area contributed by atoms with Crippen LogP contribution < -0.4 is 9.84 Å². The largest absolute Gasteiger partial charge is 0.550 e. The number of unbranched alkanes of at least 4 members (excludes halogenated alkanes) is 3. The Morgan fingerprint density at radius 2 is 1.75 bits per heavy atom. The lowest BCUT2D eigenvalue weighted by Crippen LogP contribution is -2.22. The molecule has 0 aliphatic rings. The van der Waals surface area contributed by atoms with Gasteiger partial charge in [0.15, 0.2) is 5.78 Å². The molecule has 1 rings (SSSR count). The summed E-state index contributed by atoms with van der Waals surface area (Å²) in [5.74, 6) is -0.660. The molecule has 1 aromatic rings. The Hall–Kier alpha value is -1.84. The molecule has 0 saturated carbocycles. The Morgan fingerprint density at radius 3 is 2.35 bits per heavy atom.